The van der Waals surface area contributed by atoms with Crippen molar-refractivity contribution < 1.29 is 18.0 Å². The average molecular weight is 354 g/mol. The Bertz CT molecular complexity index is 551. The number of nitrogens with zero attached hydrogens (tertiary/aromatic N) is 2. The third-order valence-corrected chi connectivity index (χ3v) is 3.84. The highest BCUT2D eigenvalue weighted by molar-refractivity contribution is 7.99. The molecule has 0 atom stereocenters. The average Bonchev–Trinajstić information content (AvgIpc) is 2.84. The molecule has 0 spiro atoms. The Kier molecular flexibility index (Phi) is 7.62. The standard InChI is InChI=1S/C13H15ClF3N3OS/c1-2-3-6-20(10-9-18-19-12(10)14)11(21)4-7-22-8-5-13(15,16)17/h9H,4-8H2,1H3,(H,18,19). The molecule has 1 rings (SSSR count). The van der Waals surface area contributed by atoms with Crippen molar-refractivity contribution >= 4 is 35.0 Å². The summed E-state index contributed by atoms with van der Waals surface area (Å²) in [5.41, 5.74) is 0.412. The van der Waals surface area contributed by atoms with E-state index in [0.717, 1.165) is 11.8 Å². The van der Waals surface area contributed by atoms with Crippen LogP contribution < -0.4 is 4.90 Å². The molecule has 0 saturated carbocycles. The number of thioether (sulfide) groups is 1. The van der Waals surface area contributed by atoms with E-state index in [1.807, 2.05) is 0 Å². The van der Waals surface area contributed by atoms with Crippen molar-refractivity contribution in [3.05, 3.63) is 11.3 Å². The molecule has 122 valence electrons. The maximum Gasteiger partial charge on any atom is 0.389 e. The van der Waals surface area contributed by atoms with Crippen LogP contribution in [0.5, 0.6) is 0 Å². The minimum absolute atomic E-state index is 0.0575. The fourth-order valence-electron chi connectivity index (χ4n) is 1.51. The van der Waals surface area contributed by atoms with E-state index >= 15 is 0 Å². The molecule has 1 amide bonds. The first-order valence-electron chi connectivity index (χ1n) is 6.39. The lowest BCUT2D eigenvalue weighted by Gasteiger charge is -2.18. The van der Waals surface area contributed by atoms with Crippen LogP contribution in [0.15, 0.2) is 6.20 Å². The van der Waals surface area contributed by atoms with Crippen molar-refractivity contribution in [1.29, 1.82) is 0 Å². The Hall–Kier alpha value is -1.33. The molecule has 1 heterocycles. The molecule has 0 bridgehead atoms. The number of carbonyl (C=O) groups is 1. The second kappa shape index (κ2) is 8.96. The number of aromatic amines is 1. The van der Waals surface area contributed by atoms with E-state index in [1.165, 1.54) is 11.1 Å². The molecular weight excluding hydrogens is 339 g/mol. The van der Waals surface area contributed by atoms with Crippen LogP contribution in [0.25, 0.3) is 0 Å². The summed E-state index contributed by atoms with van der Waals surface area (Å²) >= 11 is 6.97. The van der Waals surface area contributed by atoms with Gasteiger partial charge in [0.2, 0.25) is 5.91 Å². The monoisotopic (exact) mass is 353 g/mol. The van der Waals surface area contributed by atoms with Crippen molar-refractivity contribution in [1.82, 2.24) is 10.2 Å². The largest absolute Gasteiger partial charge is 0.389 e. The van der Waals surface area contributed by atoms with Gasteiger partial charge >= 0.3 is 6.18 Å². The Morgan fingerprint density at radius 2 is 2.23 bits per heavy atom. The second-order valence-electron chi connectivity index (χ2n) is 4.20. The van der Waals surface area contributed by atoms with Crippen molar-refractivity contribution in [2.45, 2.75) is 25.9 Å². The van der Waals surface area contributed by atoms with E-state index in [9.17, 15) is 18.0 Å². The lowest BCUT2D eigenvalue weighted by molar-refractivity contribution is -0.129. The smallest absolute Gasteiger partial charge is 0.296 e. The van der Waals surface area contributed by atoms with Gasteiger partial charge in [0.05, 0.1) is 13.0 Å². The number of rotatable bonds is 7. The normalized spacial score (nSPS) is 11.0. The number of carbonyl (C=O) groups excluding carboxylic acids is 1. The van der Waals surface area contributed by atoms with E-state index < -0.39 is 12.6 Å². The lowest BCUT2D eigenvalue weighted by Crippen LogP contribution is -2.31. The topological polar surface area (TPSA) is 49.0 Å². The number of anilines is 1. The molecule has 0 unspecified atom stereocenters. The summed E-state index contributed by atoms with van der Waals surface area (Å²) in [6, 6.07) is 0. The number of aromatic nitrogens is 2. The highest BCUT2D eigenvalue weighted by Gasteiger charge is 2.26. The zero-order chi connectivity index (χ0) is 16.6. The van der Waals surface area contributed by atoms with Crippen LogP contribution in [0.1, 0.15) is 19.8 Å². The minimum Gasteiger partial charge on any atom is -0.296 e. The van der Waals surface area contributed by atoms with Crippen molar-refractivity contribution in [3.8, 4) is 11.8 Å². The summed E-state index contributed by atoms with van der Waals surface area (Å²) in [4.78, 5) is 13.5. The Labute approximate surface area is 135 Å². The van der Waals surface area contributed by atoms with Crippen LogP contribution >= 0.6 is 23.4 Å². The number of hydrogen-bond acceptors (Lipinski definition) is 3. The Balaban J connectivity index is 2.51. The molecular formula is C13H15ClF3N3OS. The molecule has 0 aromatic carbocycles. The zero-order valence-electron chi connectivity index (χ0n) is 11.8. The third kappa shape index (κ3) is 6.62. The van der Waals surface area contributed by atoms with Crippen molar-refractivity contribution in [3.63, 3.8) is 0 Å². The van der Waals surface area contributed by atoms with Gasteiger partial charge in [-0.3, -0.25) is 14.8 Å². The van der Waals surface area contributed by atoms with Gasteiger partial charge in [0, 0.05) is 24.1 Å². The van der Waals surface area contributed by atoms with E-state index in [4.69, 9.17) is 11.6 Å². The number of amides is 1. The quantitative estimate of drug-likeness (QED) is 0.603. The molecule has 0 aliphatic rings. The van der Waals surface area contributed by atoms with Gasteiger partial charge in [0.15, 0.2) is 5.15 Å². The fraction of sp³-hybridized carbons (Fsp3) is 0.538. The second-order valence-corrected chi connectivity index (χ2v) is 5.78. The van der Waals surface area contributed by atoms with Crippen LogP contribution in [0.3, 0.4) is 0 Å². The molecule has 0 aliphatic heterocycles. The molecule has 0 radical (unpaired) electrons. The minimum atomic E-state index is -4.16. The van der Waals surface area contributed by atoms with Gasteiger partial charge < -0.3 is 0 Å². The first-order valence-corrected chi connectivity index (χ1v) is 7.92. The first-order chi connectivity index (χ1) is 10.3. The molecule has 4 nitrogen and oxygen atoms in total. The summed E-state index contributed by atoms with van der Waals surface area (Å²) in [6.45, 7) is 1.80. The number of alkyl halides is 3. The summed E-state index contributed by atoms with van der Waals surface area (Å²) in [5.74, 6) is 5.43. The summed E-state index contributed by atoms with van der Waals surface area (Å²) < 4.78 is 36.0. The van der Waals surface area contributed by atoms with Gasteiger partial charge in [-0.15, -0.1) is 5.92 Å². The molecule has 1 N–H and O–H groups in total. The molecule has 0 fully saturated rings. The van der Waals surface area contributed by atoms with Gasteiger partial charge in [0.1, 0.15) is 5.69 Å². The van der Waals surface area contributed by atoms with E-state index in [2.05, 4.69) is 22.0 Å². The first kappa shape index (κ1) is 18.7. The van der Waals surface area contributed by atoms with Gasteiger partial charge in [-0.2, -0.15) is 30.0 Å². The molecule has 22 heavy (non-hydrogen) atoms. The van der Waals surface area contributed by atoms with Gasteiger partial charge in [-0.25, -0.2) is 0 Å². The lowest BCUT2D eigenvalue weighted by atomic mass is 10.3. The van der Waals surface area contributed by atoms with Crippen LogP contribution in [0.2, 0.25) is 5.15 Å². The number of halogens is 4. The van der Waals surface area contributed by atoms with Crippen molar-refractivity contribution in [2.75, 3.05) is 23.0 Å². The Morgan fingerprint density at radius 1 is 1.50 bits per heavy atom. The zero-order valence-corrected chi connectivity index (χ0v) is 13.4. The van der Waals surface area contributed by atoms with Gasteiger partial charge in [-0.1, -0.05) is 17.5 Å². The maximum atomic E-state index is 12.2. The summed E-state index contributed by atoms with van der Waals surface area (Å²) in [7, 11) is 0. The van der Waals surface area contributed by atoms with Gasteiger partial charge in [-0.05, 0) is 6.92 Å². The summed E-state index contributed by atoms with van der Waals surface area (Å²) in [6.07, 6.45) is -3.43. The number of nitrogens with one attached hydrogen (secondary N) is 1. The molecule has 1 aromatic heterocycles. The maximum absolute atomic E-state index is 12.2. The van der Waals surface area contributed by atoms with Crippen LogP contribution in [-0.4, -0.2) is 40.3 Å². The number of H-pyrrole nitrogens is 1. The van der Waals surface area contributed by atoms with E-state index in [0.29, 0.717) is 11.4 Å². The Morgan fingerprint density at radius 3 is 2.77 bits per heavy atom. The molecule has 0 aliphatic carbocycles. The summed E-state index contributed by atoms with van der Waals surface area (Å²) in [5, 5.41) is 6.43. The predicted molar refractivity (Wildman–Crippen MR) is 82.0 cm³/mol. The highest BCUT2D eigenvalue weighted by Crippen LogP contribution is 2.24. The van der Waals surface area contributed by atoms with Crippen LogP contribution in [-0.2, 0) is 4.79 Å². The van der Waals surface area contributed by atoms with E-state index in [-0.39, 0.29) is 29.8 Å². The molecule has 1 aromatic rings. The number of hydrogen-bond donors (Lipinski definition) is 1. The van der Waals surface area contributed by atoms with Crippen LogP contribution in [0.4, 0.5) is 18.9 Å². The fourth-order valence-corrected chi connectivity index (χ4v) is 2.61. The van der Waals surface area contributed by atoms with E-state index in [1.54, 1.807) is 6.92 Å². The predicted octanol–water partition coefficient (Wildman–Crippen LogP) is 3.50. The van der Waals surface area contributed by atoms with Crippen molar-refractivity contribution in [2.24, 2.45) is 0 Å². The third-order valence-electron chi connectivity index (χ3n) is 2.57. The van der Waals surface area contributed by atoms with Crippen LogP contribution in [0, 0.1) is 11.8 Å². The van der Waals surface area contributed by atoms with Gasteiger partial charge in [0.25, 0.3) is 0 Å². The SMILES string of the molecule is CC#CCN(C(=O)CCSCCC(F)(F)F)c1c[nH]nc1Cl. The molecule has 0 saturated heterocycles. The molecule has 9 heteroatoms. The highest BCUT2D eigenvalue weighted by atomic mass is 35.5.